The summed E-state index contributed by atoms with van der Waals surface area (Å²) in [6, 6.07) is 7.98. The fourth-order valence-corrected chi connectivity index (χ4v) is 4.43. The Labute approximate surface area is 166 Å². The smallest absolute Gasteiger partial charge is 0.276 e. The van der Waals surface area contributed by atoms with E-state index in [2.05, 4.69) is 16.4 Å². The Morgan fingerprint density at radius 3 is 2.67 bits per heavy atom. The molecule has 0 unspecified atom stereocenters. The number of hydrogen-bond acceptors (Lipinski definition) is 5. The summed E-state index contributed by atoms with van der Waals surface area (Å²) in [5, 5.41) is 5.36. The van der Waals surface area contributed by atoms with Crippen LogP contribution < -0.4 is 10.9 Å². The van der Waals surface area contributed by atoms with E-state index in [1.54, 1.807) is 4.57 Å². The third kappa shape index (κ3) is 4.42. The Balaban J connectivity index is 2.03. The second kappa shape index (κ2) is 8.27. The summed E-state index contributed by atoms with van der Waals surface area (Å²) in [5.74, 6) is 0.165. The summed E-state index contributed by atoms with van der Waals surface area (Å²) in [7, 11) is 0. The minimum absolute atomic E-state index is 0.0546. The second-order valence-electron chi connectivity index (χ2n) is 6.68. The molecule has 7 heteroatoms. The number of aryl methyl sites for hydroxylation is 2. The summed E-state index contributed by atoms with van der Waals surface area (Å²) in [4.78, 5) is 30.0. The predicted octanol–water partition coefficient (Wildman–Crippen LogP) is 4.07. The van der Waals surface area contributed by atoms with Gasteiger partial charge in [-0.3, -0.25) is 14.2 Å². The van der Waals surface area contributed by atoms with Gasteiger partial charge >= 0.3 is 0 Å². The molecule has 1 atom stereocenters. The number of aromatic nitrogens is 2. The molecule has 2 aromatic heterocycles. The molecule has 0 aliphatic heterocycles. The SMILES string of the molecule is CC[C@H](C)NC(=O)CSc1nc2ccsc2c(=O)n1-c1cc(C)cc(C)c1. The van der Waals surface area contributed by atoms with Gasteiger partial charge in [0.25, 0.3) is 5.56 Å². The molecular weight excluding hydrogens is 378 g/mol. The van der Waals surface area contributed by atoms with Gasteiger partial charge in [-0.25, -0.2) is 4.98 Å². The number of thioether (sulfide) groups is 1. The summed E-state index contributed by atoms with van der Waals surface area (Å²) in [6.07, 6.45) is 0.878. The van der Waals surface area contributed by atoms with E-state index in [0.717, 1.165) is 23.2 Å². The molecule has 0 saturated carbocycles. The van der Waals surface area contributed by atoms with Crippen LogP contribution in [0.1, 0.15) is 31.4 Å². The molecule has 1 aromatic carbocycles. The maximum absolute atomic E-state index is 13.1. The number of fused-ring (bicyclic) bond motifs is 1. The van der Waals surface area contributed by atoms with Crippen LogP contribution in [0, 0.1) is 13.8 Å². The Morgan fingerprint density at radius 2 is 2.00 bits per heavy atom. The topological polar surface area (TPSA) is 64.0 Å². The maximum Gasteiger partial charge on any atom is 0.276 e. The lowest BCUT2D eigenvalue weighted by atomic mass is 10.1. The molecule has 1 amide bonds. The maximum atomic E-state index is 13.1. The van der Waals surface area contributed by atoms with E-state index < -0.39 is 0 Å². The van der Waals surface area contributed by atoms with Crippen molar-refractivity contribution in [2.75, 3.05) is 5.75 Å². The van der Waals surface area contributed by atoms with Gasteiger partial charge in [0, 0.05) is 6.04 Å². The third-order valence-corrected chi connectivity index (χ3v) is 6.10. The number of nitrogens with zero attached hydrogens (tertiary/aromatic N) is 2. The summed E-state index contributed by atoms with van der Waals surface area (Å²) < 4.78 is 2.25. The third-order valence-electron chi connectivity index (χ3n) is 4.27. The summed E-state index contributed by atoms with van der Waals surface area (Å²) in [5.41, 5.74) is 3.52. The van der Waals surface area contributed by atoms with Gasteiger partial charge in [-0.05, 0) is 61.9 Å². The van der Waals surface area contributed by atoms with Crippen LogP contribution >= 0.6 is 23.1 Å². The average Bonchev–Trinajstić information content (AvgIpc) is 3.07. The summed E-state index contributed by atoms with van der Waals surface area (Å²) in [6.45, 7) is 8.02. The quantitative estimate of drug-likeness (QED) is 0.499. The number of thiophene rings is 1. The van der Waals surface area contributed by atoms with Crippen molar-refractivity contribution >= 4 is 39.2 Å². The molecule has 1 N–H and O–H groups in total. The van der Waals surface area contributed by atoms with Crippen molar-refractivity contribution in [1.29, 1.82) is 0 Å². The normalized spacial score (nSPS) is 12.3. The van der Waals surface area contributed by atoms with Crippen LogP contribution in [-0.2, 0) is 4.79 Å². The van der Waals surface area contributed by atoms with Gasteiger partial charge in [-0.15, -0.1) is 11.3 Å². The van der Waals surface area contributed by atoms with E-state index in [1.807, 2.05) is 51.3 Å². The van der Waals surface area contributed by atoms with Crippen LogP contribution in [0.25, 0.3) is 15.9 Å². The zero-order chi connectivity index (χ0) is 19.6. The molecule has 0 fully saturated rings. The number of rotatable bonds is 6. The van der Waals surface area contributed by atoms with E-state index in [0.29, 0.717) is 15.4 Å². The van der Waals surface area contributed by atoms with Crippen molar-refractivity contribution in [3.05, 3.63) is 51.1 Å². The minimum Gasteiger partial charge on any atom is -0.353 e. The van der Waals surface area contributed by atoms with E-state index in [1.165, 1.54) is 23.1 Å². The monoisotopic (exact) mass is 401 g/mol. The van der Waals surface area contributed by atoms with Gasteiger partial charge in [0.2, 0.25) is 5.91 Å². The molecule has 0 radical (unpaired) electrons. The van der Waals surface area contributed by atoms with Crippen LogP contribution in [0.2, 0.25) is 0 Å². The van der Waals surface area contributed by atoms with E-state index in [-0.39, 0.29) is 23.3 Å². The first-order valence-electron chi connectivity index (χ1n) is 8.90. The summed E-state index contributed by atoms with van der Waals surface area (Å²) >= 11 is 2.68. The van der Waals surface area contributed by atoms with Crippen LogP contribution in [0.3, 0.4) is 0 Å². The number of carbonyl (C=O) groups excluding carboxylic acids is 1. The van der Waals surface area contributed by atoms with Gasteiger partial charge < -0.3 is 5.32 Å². The lowest BCUT2D eigenvalue weighted by molar-refractivity contribution is -0.119. The Morgan fingerprint density at radius 1 is 1.30 bits per heavy atom. The molecule has 142 valence electrons. The highest BCUT2D eigenvalue weighted by Crippen LogP contribution is 2.24. The molecule has 27 heavy (non-hydrogen) atoms. The zero-order valence-electron chi connectivity index (χ0n) is 15.9. The number of nitrogens with one attached hydrogen (secondary N) is 1. The molecule has 5 nitrogen and oxygen atoms in total. The molecular formula is C20H23N3O2S2. The minimum atomic E-state index is -0.0927. The van der Waals surface area contributed by atoms with Crippen molar-refractivity contribution in [2.45, 2.75) is 45.3 Å². The Kier molecular flexibility index (Phi) is 6.01. The fraction of sp³-hybridized carbons (Fsp3) is 0.350. The highest BCUT2D eigenvalue weighted by atomic mass is 32.2. The lowest BCUT2D eigenvalue weighted by Crippen LogP contribution is -2.33. The van der Waals surface area contributed by atoms with E-state index in [9.17, 15) is 9.59 Å². The first-order valence-corrected chi connectivity index (χ1v) is 10.8. The molecule has 0 aliphatic rings. The second-order valence-corrected chi connectivity index (χ2v) is 8.54. The first-order chi connectivity index (χ1) is 12.9. The van der Waals surface area contributed by atoms with Gasteiger partial charge in [0.05, 0.1) is 17.0 Å². The molecule has 0 saturated heterocycles. The molecule has 3 rings (SSSR count). The first kappa shape index (κ1) is 19.6. The van der Waals surface area contributed by atoms with Gasteiger partial charge in [0.15, 0.2) is 5.16 Å². The number of amides is 1. The molecule has 2 heterocycles. The zero-order valence-corrected chi connectivity index (χ0v) is 17.5. The number of carbonyl (C=O) groups is 1. The molecule has 0 bridgehead atoms. The largest absolute Gasteiger partial charge is 0.353 e. The Bertz CT molecular complexity index is 1020. The standard InChI is InChI=1S/C20H23N3O2S2/c1-5-14(4)21-17(24)11-27-20-22-16-6-7-26-18(16)19(25)23(20)15-9-12(2)8-13(3)10-15/h6-10,14H,5,11H2,1-4H3,(H,21,24)/t14-/m0/s1. The Hall–Kier alpha value is -2.12. The van der Waals surface area contributed by atoms with Crippen LogP contribution in [-0.4, -0.2) is 27.3 Å². The van der Waals surface area contributed by atoms with E-state index >= 15 is 0 Å². The molecule has 0 spiro atoms. The highest BCUT2D eigenvalue weighted by Gasteiger charge is 2.16. The fourth-order valence-electron chi connectivity index (χ4n) is 2.84. The van der Waals surface area contributed by atoms with Crippen LogP contribution in [0.4, 0.5) is 0 Å². The van der Waals surface area contributed by atoms with Crippen molar-refractivity contribution in [3.63, 3.8) is 0 Å². The number of hydrogen-bond donors (Lipinski definition) is 1. The van der Waals surface area contributed by atoms with Crippen molar-refractivity contribution in [2.24, 2.45) is 0 Å². The van der Waals surface area contributed by atoms with E-state index in [4.69, 9.17) is 0 Å². The predicted molar refractivity (Wildman–Crippen MR) is 113 cm³/mol. The van der Waals surface area contributed by atoms with Gasteiger partial charge in [-0.2, -0.15) is 0 Å². The average molecular weight is 402 g/mol. The van der Waals surface area contributed by atoms with Crippen LogP contribution in [0.15, 0.2) is 39.6 Å². The number of benzene rings is 1. The molecule has 3 aromatic rings. The van der Waals surface area contributed by atoms with Crippen LogP contribution in [0.5, 0.6) is 0 Å². The van der Waals surface area contributed by atoms with Crippen molar-refractivity contribution in [3.8, 4) is 5.69 Å². The van der Waals surface area contributed by atoms with Crippen molar-refractivity contribution < 1.29 is 4.79 Å². The van der Waals surface area contributed by atoms with Gasteiger partial charge in [-0.1, -0.05) is 24.8 Å². The van der Waals surface area contributed by atoms with Crippen molar-refractivity contribution in [1.82, 2.24) is 14.9 Å². The highest BCUT2D eigenvalue weighted by molar-refractivity contribution is 7.99. The lowest BCUT2D eigenvalue weighted by Gasteiger charge is -2.14. The van der Waals surface area contributed by atoms with Gasteiger partial charge in [0.1, 0.15) is 4.70 Å². The molecule has 0 aliphatic carbocycles.